The van der Waals surface area contributed by atoms with E-state index in [1.54, 1.807) is 4.90 Å². The van der Waals surface area contributed by atoms with E-state index in [-0.39, 0.29) is 17.7 Å². The van der Waals surface area contributed by atoms with Gasteiger partial charge in [-0.2, -0.15) is 0 Å². The summed E-state index contributed by atoms with van der Waals surface area (Å²) < 4.78 is 4.92. The van der Waals surface area contributed by atoms with E-state index in [9.17, 15) is 4.79 Å². The molecule has 0 radical (unpaired) electrons. The van der Waals surface area contributed by atoms with Gasteiger partial charge < -0.3 is 4.74 Å². The van der Waals surface area contributed by atoms with Crippen LogP contribution >= 0.6 is 0 Å². The van der Waals surface area contributed by atoms with Crippen LogP contribution in [0.25, 0.3) is 0 Å². The monoisotopic (exact) mass is 170 g/mol. The largest absolute Gasteiger partial charge is 0.446 e. The molecule has 12 heavy (non-hydrogen) atoms. The summed E-state index contributed by atoms with van der Waals surface area (Å²) >= 11 is 0. The van der Waals surface area contributed by atoms with Crippen LogP contribution in [0, 0.1) is 5.41 Å². The first-order valence-electron chi connectivity index (χ1n) is 4.25. The topological polar surface area (TPSA) is 41.6 Å². The van der Waals surface area contributed by atoms with Crippen molar-refractivity contribution < 1.29 is 9.53 Å². The van der Waals surface area contributed by atoms with Gasteiger partial charge in [0.2, 0.25) is 0 Å². The fourth-order valence-corrected chi connectivity index (χ4v) is 1.71. The second kappa shape index (κ2) is 2.36. The molecule has 0 bridgehead atoms. The van der Waals surface area contributed by atoms with Crippen molar-refractivity contribution in [1.82, 2.24) is 10.2 Å². The van der Waals surface area contributed by atoms with Crippen molar-refractivity contribution in [3.05, 3.63) is 0 Å². The molecule has 2 rings (SSSR count). The van der Waals surface area contributed by atoms with Crippen LogP contribution in [0.5, 0.6) is 0 Å². The van der Waals surface area contributed by atoms with E-state index < -0.39 is 0 Å². The molecule has 0 unspecified atom stereocenters. The highest BCUT2D eigenvalue weighted by Crippen LogP contribution is 2.25. The summed E-state index contributed by atoms with van der Waals surface area (Å²) in [7, 11) is 0. The van der Waals surface area contributed by atoms with Crippen LogP contribution in [-0.4, -0.2) is 36.9 Å². The van der Waals surface area contributed by atoms with Crippen LogP contribution in [0.3, 0.4) is 0 Å². The molecule has 0 aromatic carbocycles. The van der Waals surface area contributed by atoms with E-state index in [2.05, 4.69) is 19.2 Å². The molecule has 1 amide bonds. The van der Waals surface area contributed by atoms with E-state index in [0.29, 0.717) is 6.61 Å². The Morgan fingerprint density at radius 2 is 2.42 bits per heavy atom. The zero-order valence-electron chi connectivity index (χ0n) is 7.46. The zero-order valence-corrected chi connectivity index (χ0v) is 7.46. The van der Waals surface area contributed by atoms with E-state index in [0.717, 1.165) is 13.1 Å². The smallest absolute Gasteiger partial charge is 0.411 e. The van der Waals surface area contributed by atoms with Crippen LogP contribution in [0.1, 0.15) is 13.8 Å². The molecule has 0 aromatic heterocycles. The standard InChI is InChI=1S/C8H14N2O2/c1-8(2)4-9-6-3-12-7(11)10(6)5-8/h6,9H,3-5H2,1-2H3/t6-/m0/s1. The van der Waals surface area contributed by atoms with E-state index >= 15 is 0 Å². The molecule has 0 aliphatic carbocycles. The predicted molar refractivity (Wildman–Crippen MR) is 43.6 cm³/mol. The Kier molecular flexibility index (Phi) is 1.54. The summed E-state index contributed by atoms with van der Waals surface area (Å²) in [4.78, 5) is 12.9. The van der Waals surface area contributed by atoms with Gasteiger partial charge in [0.15, 0.2) is 0 Å². The average molecular weight is 170 g/mol. The zero-order chi connectivity index (χ0) is 8.77. The Labute approximate surface area is 71.9 Å². The maximum absolute atomic E-state index is 11.2. The minimum absolute atomic E-state index is 0.116. The van der Waals surface area contributed by atoms with Gasteiger partial charge >= 0.3 is 6.09 Å². The van der Waals surface area contributed by atoms with Crippen molar-refractivity contribution in [3.63, 3.8) is 0 Å². The molecule has 68 valence electrons. The number of carbonyl (C=O) groups is 1. The maximum Gasteiger partial charge on any atom is 0.411 e. The number of hydrogen-bond donors (Lipinski definition) is 1. The van der Waals surface area contributed by atoms with Gasteiger partial charge in [-0.3, -0.25) is 10.2 Å². The summed E-state index contributed by atoms with van der Waals surface area (Å²) in [6.07, 6.45) is -0.0641. The molecule has 2 saturated heterocycles. The summed E-state index contributed by atoms with van der Waals surface area (Å²) in [6.45, 7) is 6.52. The Balaban J connectivity index is 2.11. The molecule has 2 heterocycles. The molecule has 4 heteroatoms. The highest BCUT2D eigenvalue weighted by Gasteiger charge is 2.40. The number of ether oxygens (including phenoxy) is 1. The van der Waals surface area contributed by atoms with Crippen molar-refractivity contribution in [3.8, 4) is 0 Å². The highest BCUT2D eigenvalue weighted by atomic mass is 16.6. The van der Waals surface area contributed by atoms with Gasteiger partial charge in [0.1, 0.15) is 12.8 Å². The number of carbonyl (C=O) groups excluding carboxylic acids is 1. The third kappa shape index (κ3) is 1.16. The van der Waals surface area contributed by atoms with Crippen molar-refractivity contribution >= 4 is 6.09 Å². The van der Waals surface area contributed by atoms with E-state index in [4.69, 9.17) is 4.74 Å². The minimum Gasteiger partial charge on any atom is -0.446 e. The van der Waals surface area contributed by atoms with Gasteiger partial charge in [-0.25, -0.2) is 4.79 Å². The van der Waals surface area contributed by atoms with E-state index in [1.807, 2.05) is 0 Å². The third-order valence-electron chi connectivity index (χ3n) is 2.39. The number of fused-ring (bicyclic) bond motifs is 1. The van der Waals surface area contributed by atoms with Crippen molar-refractivity contribution in [2.24, 2.45) is 5.41 Å². The molecule has 2 fully saturated rings. The molecule has 4 nitrogen and oxygen atoms in total. The molecular weight excluding hydrogens is 156 g/mol. The summed E-state index contributed by atoms with van der Waals surface area (Å²) in [5.41, 5.74) is 0.167. The number of nitrogens with one attached hydrogen (secondary N) is 1. The van der Waals surface area contributed by atoms with Gasteiger partial charge in [-0.05, 0) is 5.41 Å². The quantitative estimate of drug-likeness (QED) is 0.572. The second-order valence-corrected chi connectivity index (χ2v) is 4.27. The number of cyclic esters (lactones) is 1. The third-order valence-corrected chi connectivity index (χ3v) is 2.39. The lowest BCUT2D eigenvalue weighted by atomic mass is 9.90. The number of rotatable bonds is 0. The fraction of sp³-hybridized carbons (Fsp3) is 0.875. The molecular formula is C8H14N2O2. The summed E-state index contributed by atoms with van der Waals surface area (Å²) in [6, 6.07) is 0. The predicted octanol–water partition coefficient (Wildman–Crippen LogP) is 0.394. The Bertz CT molecular complexity index is 215. The summed E-state index contributed by atoms with van der Waals surface area (Å²) in [5, 5.41) is 3.28. The van der Waals surface area contributed by atoms with Gasteiger partial charge in [-0.1, -0.05) is 13.8 Å². The van der Waals surface area contributed by atoms with Crippen molar-refractivity contribution in [1.29, 1.82) is 0 Å². The molecule has 1 N–H and O–H groups in total. The Morgan fingerprint density at radius 3 is 3.17 bits per heavy atom. The maximum atomic E-state index is 11.2. The first-order chi connectivity index (χ1) is 5.58. The van der Waals surface area contributed by atoms with Crippen LogP contribution in [0.2, 0.25) is 0 Å². The van der Waals surface area contributed by atoms with Crippen molar-refractivity contribution in [2.45, 2.75) is 20.0 Å². The van der Waals surface area contributed by atoms with Gasteiger partial charge in [0.05, 0.1) is 0 Å². The molecule has 1 atom stereocenters. The normalized spacial score (nSPS) is 33.0. The Hall–Kier alpha value is -0.770. The lowest BCUT2D eigenvalue weighted by Crippen LogP contribution is -2.57. The minimum atomic E-state index is -0.180. The first-order valence-corrected chi connectivity index (χ1v) is 4.25. The SMILES string of the molecule is CC1(C)CN[C@@H]2COC(=O)N2C1. The number of amides is 1. The van der Waals surface area contributed by atoms with Gasteiger partial charge in [-0.15, -0.1) is 0 Å². The molecule has 0 spiro atoms. The molecule has 0 aromatic rings. The lowest BCUT2D eigenvalue weighted by Gasteiger charge is -2.38. The van der Waals surface area contributed by atoms with Gasteiger partial charge in [0.25, 0.3) is 0 Å². The Morgan fingerprint density at radius 1 is 1.67 bits per heavy atom. The van der Waals surface area contributed by atoms with Crippen molar-refractivity contribution in [2.75, 3.05) is 19.7 Å². The first kappa shape index (κ1) is 7.86. The number of nitrogens with zero attached hydrogens (tertiary/aromatic N) is 1. The van der Waals surface area contributed by atoms with Gasteiger partial charge in [0, 0.05) is 13.1 Å². The second-order valence-electron chi connectivity index (χ2n) is 4.27. The van der Waals surface area contributed by atoms with Crippen LogP contribution in [0.4, 0.5) is 4.79 Å². The fourth-order valence-electron chi connectivity index (χ4n) is 1.71. The highest BCUT2D eigenvalue weighted by molar-refractivity contribution is 5.70. The lowest BCUT2D eigenvalue weighted by molar-refractivity contribution is 0.106. The van der Waals surface area contributed by atoms with Crippen LogP contribution < -0.4 is 5.32 Å². The molecule has 2 aliphatic heterocycles. The van der Waals surface area contributed by atoms with Crippen LogP contribution in [-0.2, 0) is 4.74 Å². The summed E-state index contributed by atoms with van der Waals surface area (Å²) in [5.74, 6) is 0. The molecule has 2 aliphatic rings. The van der Waals surface area contributed by atoms with Crippen LogP contribution in [0.15, 0.2) is 0 Å². The average Bonchev–Trinajstić information content (AvgIpc) is 2.31. The molecule has 0 saturated carbocycles. The van der Waals surface area contributed by atoms with E-state index in [1.165, 1.54) is 0 Å². The number of hydrogen-bond acceptors (Lipinski definition) is 3.